The molecule has 15 heavy (non-hydrogen) atoms. The van der Waals surface area contributed by atoms with E-state index in [9.17, 15) is 8.42 Å². The molecule has 0 heterocycles. The van der Waals surface area contributed by atoms with Gasteiger partial charge in [-0.3, -0.25) is 0 Å². The molecule has 0 unspecified atom stereocenters. The number of methoxy groups -OCH3 is 1. The molecule has 0 aliphatic rings. The number of rotatable bonds is 3. The van der Waals surface area contributed by atoms with Gasteiger partial charge in [-0.05, 0) is 34.5 Å². The van der Waals surface area contributed by atoms with Crippen molar-refractivity contribution < 1.29 is 13.2 Å². The molecule has 0 saturated carbocycles. The molecular formula is C9H10BrClO3S. The summed E-state index contributed by atoms with van der Waals surface area (Å²) < 4.78 is 27.9. The summed E-state index contributed by atoms with van der Waals surface area (Å²) in [5, 5.41) is 0. The number of hydrogen-bond acceptors (Lipinski definition) is 3. The van der Waals surface area contributed by atoms with Crippen molar-refractivity contribution in [2.45, 2.75) is 12.7 Å². The zero-order chi connectivity index (χ0) is 11.6. The van der Waals surface area contributed by atoms with Gasteiger partial charge in [0.05, 0.1) is 17.3 Å². The highest BCUT2D eigenvalue weighted by Gasteiger charge is 2.16. The summed E-state index contributed by atoms with van der Waals surface area (Å²) in [6.07, 6.45) is 0. The number of aryl methyl sites for hydroxylation is 1. The monoisotopic (exact) mass is 312 g/mol. The Morgan fingerprint density at radius 2 is 2.07 bits per heavy atom. The summed E-state index contributed by atoms with van der Waals surface area (Å²) in [7, 11) is 3.13. The average molecular weight is 314 g/mol. The summed E-state index contributed by atoms with van der Waals surface area (Å²) >= 11 is 3.29. The third-order valence-electron chi connectivity index (χ3n) is 1.97. The van der Waals surface area contributed by atoms with Crippen molar-refractivity contribution in [3.63, 3.8) is 0 Å². The zero-order valence-corrected chi connectivity index (χ0v) is 11.4. The largest absolute Gasteiger partial charge is 0.495 e. The molecule has 0 saturated heterocycles. The SMILES string of the molecule is COc1c(Br)ccc(C)c1CS(=O)(=O)Cl. The predicted molar refractivity (Wildman–Crippen MR) is 63.9 cm³/mol. The van der Waals surface area contributed by atoms with E-state index in [-0.39, 0.29) is 5.75 Å². The molecule has 0 aliphatic heterocycles. The van der Waals surface area contributed by atoms with Crippen molar-refractivity contribution in [3.05, 3.63) is 27.7 Å². The Morgan fingerprint density at radius 1 is 1.47 bits per heavy atom. The second-order valence-corrected chi connectivity index (χ2v) is 6.69. The number of halogens is 2. The van der Waals surface area contributed by atoms with Crippen LogP contribution in [0.3, 0.4) is 0 Å². The minimum Gasteiger partial charge on any atom is -0.495 e. The highest BCUT2D eigenvalue weighted by molar-refractivity contribution is 9.10. The topological polar surface area (TPSA) is 43.4 Å². The maximum absolute atomic E-state index is 11.0. The van der Waals surface area contributed by atoms with Gasteiger partial charge >= 0.3 is 0 Å². The lowest BCUT2D eigenvalue weighted by molar-refractivity contribution is 0.408. The van der Waals surface area contributed by atoms with E-state index in [1.54, 1.807) is 6.07 Å². The standard InChI is InChI=1S/C9H10BrClO3S/c1-6-3-4-8(10)9(14-2)7(6)5-15(11,12)13/h3-4H,5H2,1-2H3. The van der Waals surface area contributed by atoms with Crippen LogP contribution in [0, 0.1) is 6.92 Å². The lowest BCUT2D eigenvalue weighted by Gasteiger charge is -2.11. The Labute approximate surface area is 102 Å². The van der Waals surface area contributed by atoms with Crippen molar-refractivity contribution in [2.75, 3.05) is 7.11 Å². The van der Waals surface area contributed by atoms with Crippen LogP contribution < -0.4 is 4.74 Å². The predicted octanol–water partition coefficient (Wildman–Crippen LogP) is 2.83. The summed E-state index contributed by atoms with van der Waals surface area (Å²) in [5.74, 6) is 0.280. The Morgan fingerprint density at radius 3 is 2.53 bits per heavy atom. The van der Waals surface area contributed by atoms with E-state index in [1.807, 2.05) is 13.0 Å². The molecule has 0 bridgehead atoms. The van der Waals surface area contributed by atoms with Gasteiger partial charge in [-0.2, -0.15) is 0 Å². The summed E-state index contributed by atoms with van der Waals surface area (Å²) in [6, 6.07) is 3.61. The molecule has 0 atom stereocenters. The first-order valence-electron chi connectivity index (χ1n) is 4.09. The molecule has 0 N–H and O–H groups in total. The van der Waals surface area contributed by atoms with E-state index in [1.165, 1.54) is 7.11 Å². The maximum atomic E-state index is 11.0. The fraction of sp³-hybridized carbons (Fsp3) is 0.333. The van der Waals surface area contributed by atoms with Crippen LogP contribution in [-0.2, 0) is 14.8 Å². The molecule has 1 rings (SSSR count). The van der Waals surface area contributed by atoms with Crippen molar-refractivity contribution in [1.82, 2.24) is 0 Å². The van der Waals surface area contributed by atoms with Gasteiger partial charge < -0.3 is 4.74 Å². The zero-order valence-electron chi connectivity index (χ0n) is 8.25. The van der Waals surface area contributed by atoms with Crippen LogP contribution in [0.1, 0.15) is 11.1 Å². The van der Waals surface area contributed by atoms with Crippen LogP contribution in [0.25, 0.3) is 0 Å². The number of benzene rings is 1. The van der Waals surface area contributed by atoms with Gasteiger partial charge in [-0.15, -0.1) is 0 Å². The Balaban J connectivity index is 3.32. The first-order chi connectivity index (χ1) is 6.85. The van der Waals surface area contributed by atoms with Crippen LogP contribution >= 0.6 is 26.6 Å². The summed E-state index contributed by atoms with van der Waals surface area (Å²) in [5.41, 5.74) is 1.42. The van der Waals surface area contributed by atoms with E-state index in [2.05, 4.69) is 15.9 Å². The normalized spacial score (nSPS) is 11.5. The van der Waals surface area contributed by atoms with Gasteiger partial charge in [0.1, 0.15) is 5.75 Å². The van der Waals surface area contributed by atoms with Gasteiger partial charge in [-0.25, -0.2) is 8.42 Å². The third-order valence-corrected chi connectivity index (χ3v) is 3.55. The first-order valence-corrected chi connectivity index (χ1v) is 7.36. The van der Waals surface area contributed by atoms with Crippen LogP contribution in [0.2, 0.25) is 0 Å². The molecule has 3 nitrogen and oxygen atoms in total. The highest BCUT2D eigenvalue weighted by atomic mass is 79.9. The van der Waals surface area contributed by atoms with Crippen molar-refractivity contribution in [1.29, 1.82) is 0 Å². The molecule has 0 radical (unpaired) electrons. The van der Waals surface area contributed by atoms with E-state index >= 15 is 0 Å². The quantitative estimate of drug-likeness (QED) is 0.806. The number of ether oxygens (including phenoxy) is 1. The fourth-order valence-corrected chi connectivity index (χ4v) is 2.83. The molecule has 0 spiro atoms. The second kappa shape index (κ2) is 4.72. The van der Waals surface area contributed by atoms with Gasteiger partial charge in [0.15, 0.2) is 0 Å². The van der Waals surface area contributed by atoms with Crippen LogP contribution in [0.5, 0.6) is 5.75 Å². The number of hydrogen-bond donors (Lipinski definition) is 0. The average Bonchev–Trinajstić information content (AvgIpc) is 2.10. The minimum absolute atomic E-state index is 0.233. The molecule has 0 aromatic heterocycles. The Kier molecular flexibility index (Phi) is 4.03. The van der Waals surface area contributed by atoms with Crippen LogP contribution in [0.4, 0.5) is 0 Å². The molecule has 6 heteroatoms. The van der Waals surface area contributed by atoms with Gasteiger partial charge in [0.2, 0.25) is 9.05 Å². The van der Waals surface area contributed by atoms with Crippen molar-refractivity contribution in [3.8, 4) is 5.75 Å². The van der Waals surface area contributed by atoms with Gasteiger partial charge in [0.25, 0.3) is 0 Å². The van der Waals surface area contributed by atoms with Crippen molar-refractivity contribution in [2.24, 2.45) is 0 Å². The molecule has 0 fully saturated rings. The maximum Gasteiger partial charge on any atom is 0.236 e. The van der Waals surface area contributed by atoms with E-state index in [0.29, 0.717) is 15.8 Å². The lowest BCUT2D eigenvalue weighted by atomic mass is 10.1. The van der Waals surface area contributed by atoms with Gasteiger partial charge in [-0.1, -0.05) is 6.07 Å². The Hall–Kier alpha value is -0.260. The molecule has 84 valence electrons. The third kappa shape index (κ3) is 3.36. The fourth-order valence-electron chi connectivity index (χ4n) is 1.27. The minimum atomic E-state index is -3.58. The molecular weight excluding hydrogens is 304 g/mol. The van der Waals surface area contributed by atoms with E-state index in [4.69, 9.17) is 15.4 Å². The lowest BCUT2D eigenvalue weighted by Crippen LogP contribution is -2.01. The molecule has 1 aromatic rings. The van der Waals surface area contributed by atoms with Crippen LogP contribution in [-0.4, -0.2) is 15.5 Å². The first kappa shape index (κ1) is 12.8. The van der Waals surface area contributed by atoms with Crippen LogP contribution in [0.15, 0.2) is 16.6 Å². The van der Waals surface area contributed by atoms with Crippen molar-refractivity contribution >= 4 is 35.7 Å². The molecule has 0 amide bonds. The van der Waals surface area contributed by atoms with Gasteiger partial charge in [0, 0.05) is 16.2 Å². The Bertz CT molecular complexity index is 470. The smallest absolute Gasteiger partial charge is 0.236 e. The summed E-state index contributed by atoms with van der Waals surface area (Å²) in [6.45, 7) is 1.81. The van der Waals surface area contributed by atoms with E-state index < -0.39 is 9.05 Å². The van der Waals surface area contributed by atoms with E-state index in [0.717, 1.165) is 5.56 Å². The molecule has 1 aromatic carbocycles. The molecule has 0 aliphatic carbocycles. The second-order valence-electron chi connectivity index (χ2n) is 3.06. The summed E-state index contributed by atoms with van der Waals surface area (Å²) in [4.78, 5) is 0. The highest BCUT2D eigenvalue weighted by Crippen LogP contribution is 2.33.